The Bertz CT molecular complexity index is 496. The van der Waals surface area contributed by atoms with E-state index in [0.717, 1.165) is 9.90 Å². The van der Waals surface area contributed by atoms with Crippen molar-refractivity contribution in [2.45, 2.75) is 12.6 Å². The molecule has 90 valence electrons. The Morgan fingerprint density at radius 1 is 1.35 bits per heavy atom. The molecular weight excluding hydrogens is 252 g/mol. The quantitative estimate of drug-likeness (QED) is 0.892. The highest BCUT2D eigenvalue weighted by molar-refractivity contribution is 7.16. The van der Waals surface area contributed by atoms with Gasteiger partial charge in [0.15, 0.2) is 0 Å². The van der Waals surface area contributed by atoms with Gasteiger partial charge >= 0.3 is 0 Å². The lowest BCUT2D eigenvalue weighted by molar-refractivity contribution is 0.702. The molecule has 1 heterocycles. The first kappa shape index (κ1) is 12.6. The molecule has 0 aliphatic heterocycles. The van der Waals surface area contributed by atoms with Crippen LogP contribution in [-0.2, 0) is 6.54 Å². The summed E-state index contributed by atoms with van der Waals surface area (Å²) in [5.41, 5.74) is 8.02. The fourth-order valence-electron chi connectivity index (χ4n) is 1.86. The summed E-state index contributed by atoms with van der Waals surface area (Å²) >= 11 is 7.58. The van der Waals surface area contributed by atoms with Crippen molar-refractivity contribution in [3.63, 3.8) is 0 Å². The van der Waals surface area contributed by atoms with Gasteiger partial charge in [0.05, 0.1) is 10.4 Å². The molecule has 17 heavy (non-hydrogen) atoms. The Morgan fingerprint density at radius 2 is 2.18 bits per heavy atom. The molecule has 2 nitrogen and oxygen atoms in total. The molecule has 0 saturated heterocycles. The topological polar surface area (TPSA) is 38.0 Å². The first-order valence-corrected chi connectivity index (χ1v) is 6.65. The highest BCUT2D eigenvalue weighted by Gasteiger charge is 2.14. The number of hydrogen-bond acceptors (Lipinski definition) is 3. The molecule has 2 rings (SSSR count). The molecule has 0 aliphatic rings. The number of halogens is 1. The standard InChI is InChI=1S/C13H15ClN2S/c1-16-13(11-5-6-12(14)17-11)10-4-2-3-9(7-10)8-15/h2-7,13,16H,8,15H2,1H3. The van der Waals surface area contributed by atoms with E-state index >= 15 is 0 Å². The molecule has 4 heteroatoms. The van der Waals surface area contributed by atoms with Crippen LogP contribution in [0.2, 0.25) is 4.34 Å². The van der Waals surface area contributed by atoms with Crippen molar-refractivity contribution in [2.24, 2.45) is 5.73 Å². The zero-order valence-electron chi connectivity index (χ0n) is 9.61. The number of benzene rings is 1. The van der Waals surface area contributed by atoms with Crippen LogP contribution in [0.5, 0.6) is 0 Å². The Balaban J connectivity index is 2.34. The van der Waals surface area contributed by atoms with Crippen molar-refractivity contribution in [2.75, 3.05) is 7.05 Å². The Morgan fingerprint density at radius 3 is 2.76 bits per heavy atom. The SMILES string of the molecule is CNC(c1cccc(CN)c1)c1ccc(Cl)s1. The lowest BCUT2D eigenvalue weighted by atomic mass is 10.0. The first-order chi connectivity index (χ1) is 8.24. The Kier molecular flexibility index (Phi) is 4.18. The van der Waals surface area contributed by atoms with Gasteiger partial charge in [0.2, 0.25) is 0 Å². The monoisotopic (exact) mass is 266 g/mol. The van der Waals surface area contributed by atoms with Gasteiger partial charge in [0, 0.05) is 11.4 Å². The summed E-state index contributed by atoms with van der Waals surface area (Å²) in [7, 11) is 1.95. The van der Waals surface area contributed by atoms with Crippen LogP contribution < -0.4 is 11.1 Å². The predicted octanol–water partition coefficient (Wildman–Crippen LogP) is 3.17. The van der Waals surface area contributed by atoms with Crippen LogP contribution in [0.1, 0.15) is 22.0 Å². The summed E-state index contributed by atoms with van der Waals surface area (Å²) in [4.78, 5) is 1.21. The van der Waals surface area contributed by atoms with E-state index in [1.54, 1.807) is 11.3 Å². The number of rotatable bonds is 4. The summed E-state index contributed by atoms with van der Waals surface area (Å²) in [5, 5.41) is 3.31. The van der Waals surface area contributed by atoms with Crippen LogP contribution in [0.3, 0.4) is 0 Å². The highest BCUT2D eigenvalue weighted by Crippen LogP contribution is 2.31. The van der Waals surface area contributed by atoms with Gasteiger partial charge in [0.25, 0.3) is 0 Å². The van der Waals surface area contributed by atoms with E-state index in [1.807, 2.05) is 25.2 Å². The van der Waals surface area contributed by atoms with E-state index in [-0.39, 0.29) is 6.04 Å². The molecule has 0 saturated carbocycles. The summed E-state index contributed by atoms with van der Waals surface area (Å²) in [6.07, 6.45) is 0. The number of thiophene rings is 1. The molecule has 1 atom stereocenters. The molecule has 0 radical (unpaired) electrons. The summed E-state index contributed by atoms with van der Waals surface area (Å²) < 4.78 is 0.815. The van der Waals surface area contributed by atoms with Crippen LogP contribution in [0.25, 0.3) is 0 Å². The molecule has 0 amide bonds. The fraction of sp³-hybridized carbons (Fsp3) is 0.231. The maximum Gasteiger partial charge on any atom is 0.0931 e. The van der Waals surface area contributed by atoms with Gasteiger partial charge in [-0.25, -0.2) is 0 Å². The van der Waals surface area contributed by atoms with E-state index in [4.69, 9.17) is 17.3 Å². The Labute approximate surface area is 110 Å². The van der Waals surface area contributed by atoms with E-state index < -0.39 is 0 Å². The molecule has 0 bridgehead atoms. The summed E-state index contributed by atoms with van der Waals surface area (Å²) in [6, 6.07) is 12.5. The largest absolute Gasteiger partial charge is 0.326 e. The smallest absolute Gasteiger partial charge is 0.0931 e. The minimum absolute atomic E-state index is 0.180. The first-order valence-electron chi connectivity index (χ1n) is 5.46. The lowest BCUT2D eigenvalue weighted by Crippen LogP contribution is -2.16. The molecular formula is C13H15ClN2S. The van der Waals surface area contributed by atoms with Gasteiger partial charge in [-0.15, -0.1) is 11.3 Å². The molecule has 1 unspecified atom stereocenters. The average molecular weight is 267 g/mol. The molecule has 0 spiro atoms. The van der Waals surface area contributed by atoms with E-state index in [0.29, 0.717) is 6.54 Å². The van der Waals surface area contributed by atoms with Crippen molar-refractivity contribution >= 4 is 22.9 Å². The van der Waals surface area contributed by atoms with E-state index in [2.05, 4.69) is 23.5 Å². The van der Waals surface area contributed by atoms with Gasteiger partial charge in [-0.05, 0) is 30.3 Å². The highest BCUT2D eigenvalue weighted by atomic mass is 35.5. The second kappa shape index (κ2) is 5.65. The molecule has 0 fully saturated rings. The number of nitrogens with one attached hydrogen (secondary N) is 1. The van der Waals surface area contributed by atoms with Crippen molar-refractivity contribution < 1.29 is 0 Å². The van der Waals surface area contributed by atoms with Gasteiger partial charge in [-0.1, -0.05) is 35.9 Å². The molecule has 0 aliphatic carbocycles. The maximum absolute atomic E-state index is 5.98. The average Bonchev–Trinajstić information content (AvgIpc) is 2.77. The molecule has 3 N–H and O–H groups in total. The normalized spacial score (nSPS) is 12.6. The fourth-order valence-corrected chi connectivity index (χ4v) is 3.06. The minimum Gasteiger partial charge on any atom is -0.326 e. The summed E-state index contributed by atoms with van der Waals surface area (Å²) in [5.74, 6) is 0. The maximum atomic E-state index is 5.98. The molecule has 1 aromatic heterocycles. The molecule has 2 aromatic rings. The third-order valence-electron chi connectivity index (χ3n) is 2.69. The zero-order valence-corrected chi connectivity index (χ0v) is 11.2. The van der Waals surface area contributed by atoms with Crippen LogP contribution in [0.4, 0.5) is 0 Å². The van der Waals surface area contributed by atoms with E-state index in [9.17, 15) is 0 Å². The van der Waals surface area contributed by atoms with Gasteiger partial charge in [-0.2, -0.15) is 0 Å². The van der Waals surface area contributed by atoms with Crippen molar-refractivity contribution in [3.05, 3.63) is 56.7 Å². The summed E-state index contributed by atoms with van der Waals surface area (Å²) in [6.45, 7) is 0.565. The van der Waals surface area contributed by atoms with Crippen molar-refractivity contribution in [3.8, 4) is 0 Å². The van der Waals surface area contributed by atoms with E-state index in [1.165, 1.54) is 10.4 Å². The predicted molar refractivity (Wildman–Crippen MR) is 74.6 cm³/mol. The van der Waals surface area contributed by atoms with Gasteiger partial charge in [-0.3, -0.25) is 0 Å². The van der Waals surface area contributed by atoms with Gasteiger partial charge < -0.3 is 11.1 Å². The second-order valence-electron chi connectivity index (χ2n) is 3.81. The third-order valence-corrected chi connectivity index (χ3v) is 3.98. The Hall–Kier alpha value is -0.870. The van der Waals surface area contributed by atoms with Crippen LogP contribution >= 0.6 is 22.9 Å². The van der Waals surface area contributed by atoms with Crippen molar-refractivity contribution in [1.82, 2.24) is 5.32 Å². The van der Waals surface area contributed by atoms with Crippen molar-refractivity contribution in [1.29, 1.82) is 0 Å². The third kappa shape index (κ3) is 2.87. The van der Waals surface area contributed by atoms with Crippen LogP contribution in [0.15, 0.2) is 36.4 Å². The lowest BCUT2D eigenvalue weighted by Gasteiger charge is -2.15. The number of nitrogens with two attached hydrogens (primary N) is 1. The van der Waals surface area contributed by atoms with Crippen LogP contribution in [-0.4, -0.2) is 7.05 Å². The zero-order chi connectivity index (χ0) is 12.3. The van der Waals surface area contributed by atoms with Gasteiger partial charge in [0.1, 0.15) is 0 Å². The second-order valence-corrected chi connectivity index (χ2v) is 5.56. The van der Waals surface area contributed by atoms with Crippen LogP contribution in [0, 0.1) is 0 Å². The number of hydrogen-bond donors (Lipinski definition) is 2. The molecule has 1 aromatic carbocycles. The minimum atomic E-state index is 0.180.